The second-order valence-electron chi connectivity index (χ2n) is 4.20. The van der Waals surface area contributed by atoms with Crippen LogP contribution in [0.5, 0.6) is 0 Å². The fraction of sp³-hybridized carbons (Fsp3) is 0.308. The molecule has 0 unspecified atom stereocenters. The van der Waals surface area contributed by atoms with Crippen molar-refractivity contribution in [2.75, 3.05) is 6.61 Å². The number of rotatable bonds is 5. The molecule has 102 valence electrons. The maximum Gasteiger partial charge on any atom is 0.296 e. The summed E-state index contributed by atoms with van der Waals surface area (Å²) in [5.41, 5.74) is 1.67. The van der Waals surface area contributed by atoms with Crippen molar-refractivity contribution in [3.8, 4) is 0 Å². The van der Waals surface area contributed by atoms with Crippen LogP contribution in [0.4, 0.5) is 0 Å². The first kappa shape index (κ1) is 13.8. The van der Waals surface area contributed by atoms with Crippen molar-refractivity contribution in [1.82, 2.24) is 4.98 Å². The molecule has 0 bridgehead atoms. The van der Waals surface area contributed by atoms with Gasteiger partial charge in [0.15, 0.2) is 5.89 Å². The van der Waals surface area contributed by atoms with Gasteiger partial charge in [-0.05, 0) is 19.1 Å². The lowest BCUT2D eigenvalue weighted by atomic mass is 10.2. The van der Waals surface area contributed by atoms with Crippen LogP contribution in [-0.4, -0.2) is 20.0 Å². The Bertz CT molecular complexity index is 644. The Morgan fingerprint density at radius 2 is 1.89 bits per heavy atom. The standard InChI is InChI=1S/C13H15NO4S/c1-10-3-5-13(6-4-10)19(15,16)18-8-7-12-9-17-11(2)14-12/h3-6,9H,7-8H2,1-2H3. The predicted molar refractivity (Wildman–Crippen MR) is 69.3 cm³/mol. The zero-order valence-electron chi connectivity index (χ0n) is 10.8. The number of hydrogen-bond acceptors (Lipinski definition) is 5. The number of benzene rings is 1. The lowest BCUT2D eigenvalue weighted by molar-refractivity contribution is 0.320. The normalized spacial score (nSPS) is 11.7. The van der Waals surface area contributed by atoms with Crippen molar-refractivity contribution in [3.63, 3.8) is 0 Å². The lowest BCUT2D eigenvalue weighted by Crippen LogP contribution is -2.09. The van der Waals surface area contributed by atoms with Crippen molar-refractivity contribution < 1.29 is 17.0 Å². The maximum atomic E-state index is 11.9. The maximum absolute atomic E-state index is 11.9. The Kier molecular flexibility index (Phi) is 4.01. The summed E-state index contributed by atoms with van der Waals surface area (Å²) in [5.74, 6) is 0.552. The fourth-order valence-electron chi connectivity index (χ4n) is 1.55. The Morgan fingerprint density at radius 3 is 2.47 bits per heavy atom. The SMILES string of the molecule is Cc1ccc(S(=O)(=O)OCCc2coc(C)n2)cc1. The van der Waals surface area contributed by atoms with Crippen molar-refractivity contribution in [3.05, 3.63) is 47.7 Å². The van der Waals surface area contributed by atoms with Crippen LogP contribution in [0.25, 0.3) is 0 Å². The summed E-state index contributed by atoms with van der Waals surface area (Å²) < 4.78 is 33.7. The van der Waals surface area contributed by atoms with Gasteiger partial charge in [-0.1, -0.05) is 17.7 Å². The van der Waals surface area contributed by atoms with Gasteiger partial charge in [-0.15, -0.1) is 0 Å². The summed E-state index contributed by atoms with van der Waals surface area (Å²) in [6.07, 6.45) is 1.89. The quantitative estimate of drug-likeness (QED) is 0.786. The van der Waals surface area contributed by atoms with Crippen LogP contribution in [0.15, 0.2) is 39.8 Å². The number of oxazole rings is 1. The minimum atomic E-state index is -3.70. The van der Waals surface area contributed by atoms with E-state index in [-0.39, 0.29) is 11.5 Å². The topological polar surface area (TPSA) is 69.4 Å². The Morgan fingerprint density at radius 1 is 1.21 bits per heavy atom. The molecule has 0 aliphatic heterocycles. The average molecular weight is 281 g/mol. The van der Waals surface area contributed by atoms with Crippen LogP contribution in [-0.2, 0) is 20.7 Å². The first-order chi connectivity index (χ1) is 8.97. The third-order valence-corrected chi connectivity index (χ3v) is 3.90. The highest BCUT2D eigenvalue weighted by Gasteiger charge is 2.14. The van der Waals surface area contributed by atoms with Gasteiger partial charge in [-0.2, -0.15) is 8.42 Å². The predicted octanol–water partition coefficient (Wildman–Crippen LogP) is 2.24. The summed E-state index contributed by atoms with van der Waals surface area (Å²) in [5, 5.41) is 0. The fourth-order valence-corrected chi connectivity index (χ4v) is 2.46. The van der Waals surface area contributed by atoms with E-state index in [9.17, 15) is 8.42 Å². The van der Waals surface area contributed by atoms with Crippen molar-refractivity contribution in [2.24, 2.45) is 0 Å². The van der Waals surface area contributed by atoms with Gasteiger partial charge in [-0.3, -0.25) is 4.18 Å². The summed E-state index contributed by atoms with van der Waals surface area (Å²) in [6, 6.07) is 6.53. The zero-order valence-corrected chi connectivity index (χ0v) is 11.6. The lowest BCUT2D eigenvalue weighted by Gasteiger charge is -2.04. The van der Waals surface area contributed by atoms with Crippen molar-refractivity contribution >= 4 is 10.1 Å². The number of hydrogen-bond donors (Lipinski definition) is 0. The van der Waals surface area contributed by atoms with E-state index in [4.69, 9.17) is 8.60 Å². The molecule has 0 saturated heterocycles. The third kappa shape index (κ3) is 3.65. The van der Waals surface area contributed by atoms with Crippen LogP contribution in [0.2, 0.25) is 0 Å². The molecule has 0 radical (unpaired) electrons. The highest BCUT2D eigenvalue weighted by Crippen LogP contribution is 2.13. The minimum Gasteiger partial charge on any atom is -0.449 e. The van der Waals surface area contributed by atoms with Crippen LogP contribution in [0.1, 0.15) is 17.1 Å². The van der Waals surface area contributed by atoms with Crippen LogP contribution < -0.4 is 0 Å². The van der Waals surface area contributed by atoms with Gasteiger partial charge in [0.2, 0.25) is 0 Å². The van der Waals surface area contributed by atoms with E-state index >= 15 is 0 Å². The Hall–Kier alpha value is -1.66. The second-order valence-corrected chi connectivity index (χ2v) is 5.81. The van der Waals surface area contributed by atoms with Crippen molar-refractivity contribution in [1.29, 1.82) is 0 Å². The van der Waals surface area contributed by atoms with Gasteiger partial charge < -0.3 is 4.42 Å². The molecule has 1 heterocycles. The average Bonchev–Trinajstić information content (AvgIpc) is 2.75. The van der Waals surface area contributed by atoms with Gasteiger partial charge in [0.05, 0.1) is 17.2 Å². The van der Waals surface area contributed by atoms with E-state index in [1.165, 1.54) is 18.4 Å². The van der Waals surface area contributed by atoms with E-state index in [1.54, 1.807) is 19.1 Å². The molecular weight excluding hydrogens is 266 g/mol. The highest BCUT2D eigenvalue weighted by atomic mass is 32.2. The molecule has 0 spiro atoms. The molecule has 0 aliphatic rings. The first-order valence-electron chi connectivity index (χ1n) is 5.84. The Balaban J connectivity index is 1.96. The highest BCUT2D eigenvalue weighted by molar-refractivity contribution is 7.86. The van der Waals surface area contributed by atoms with Gasteiger partial charge >= 0.3 is 0 Å². The smallest absolute Gasteiger partial charge is 0.296 e. The molecule has 0 atom stereocenters. The molecule has 5 nitrogen and oxygen atoms in total. The number of aromatic nitrogens is 1. The molecule has 2 aromatic rings. The van der Waals surface area contributed by atoms with Gasteiger partial charge in [-0.25, -0.2) is 4.98 Å². The monoisotopic (exact) mass is 281 g/mol. The zero-order chi connectivity index (χ0) is 13.9. The second kappa shape index (κ2) is 5.54. The van der Waals surface area contributed by atoms with Gasteiger partial charge in [0, 0.05) is 13.3 Å². The van der Waals surface area contributed by atoms with E-state index in [2.05, 4.69) is 4.98 Å². The molecule has 1 aromatic carbocycles. The molecule has 0 amide bonds. The summed E-state index contributed by atoms with van der Waals surface area (Å²) in [7, 11) is -3.70. The summed E-state index contributed by atoms with van der Waals surface area (Å²) >= 11 is 0. The molecule has 0 fully saturated rings. The first-order valence-corrected chi connectivity index (χ1v) is 7.25. The van der Waals surface area contributed by atoms with E-state index in [1.807, 2.05) is 6.92 Å². The van der Waals surface area contributed by atoms with Crippen LogP contribution >= 0.6 is 0 Å². The molecular formula is C13H15NO4S. The summed E-state index contributed by atoms with van der Waals surface area (Å²) in [6.45, 7) is 3.67. The Labute approximate surface area is 112 Å². The van der Waals surface area contributed by atoms with Crippen molar-refractivity contribution in [2.45, 2.75) is 25.2 Å². The third-order valence-electron chi connectivity index (χ3n) is 2.57. The minimum absolute atomic E-state index is 0.0438. The van der Waals surface area contributed by atoms with E-state index in [0.29, 0.717) is 18.0 Å². The molecule has 2 rings (SSSR count). The number of aryl methyl sites for hydroxylation is 2. The molecule has 1 aromatic heterocycles. The summed E-state index contributed by atoms with van der Waals surface area (Å²) in [4.78, 5) is 4.23. The van der Waals surface area contributed by atoms with E-state index < -0.39 is 10.1 Å². The largest absolute Gasteiger partial charge is 0.449 e. The van der Waals surface area contributed by atoms with Crippen LogP contribution in [0, 0.1) is 13.8 Å². The van der Waals surface area contributed by atoms with Gasteiger partial charge in [0.1, 0.15) is 6.26 Å². The molecule has 0 aliphatic carbocycles. The molecule has 0 N–H and O–H groups in total. The van der Waals surface area contributed by atoms with E-state index in [0.717, 1.165) is 5.56 Å². The van der Waals surface area contributed by atoms with Crippen LogP contribution in [0.3, 0.4) is 0 Å². The van der Waals surface area contributed by atoms with Gasteiger partial charge in [0.25, 0.3) is 10.1 Å². The molecule has 6 heteroatoms. The molecule has 19 heavy (non-hydrogen) atoms. The molecule has 0 saturated carbocycles. The number of nitrogens with zero attached hydrogens (tertiary/aromatic N) is 1.